The first-order valence-corrected chi connectivity index (χ1v) is 6.54. The topological polar surface area (TPSA) is 42.0 Å². The molecule has 1 heterocycles. The summed E-state index contributed by atoms with van der Waals surface area (Å²) in [5, 5.41) is 3.28. The van der Waals surface area contributed by atoms with E-state index in [9.17, 15) is 4.79 Å². The number of nitrogens with one attached hydrogen (secondary N) is 1. The molecule has 0 fully saturated rings. The van der Waals surface area contributed by atoms with Gasteiger partial charge in [0.05, 0.1) is 10.6 Å². The summed E-state index contributed by atoms with van der Waals surface area (Å²) in [6, 6.07) is 9.67. The van der Waals surface area contributed by atoms with Gasteiger partial charge >= 0.3 is 0 Å². The average Bonchev–Trinajstić information content (AvgIpc) is 2.45. The third kappa shape index (κ3) is 3.32. The summed E-state index contributed by atoms with van der Waals surface area (Å²) in [6.45, 7) is 2.59. The molecule has 0 unspecified atom stereocenters. The lowest BCUT2D eigenvalue weighted by Crippen LogP contribution is -2.23. The largest absolute Gasteiger partial charge is 0.348 e. The van der Waals surface area contributed by atoms with Gasteiger partial charge in [0.25, 0.3) is 5.91 Å². The number of carbonyl (C=O) groups is 1. The molecule has 19 heavy (non-hydrogen) atoms. The molecule has 1 N–H and O–H groups in total. The van der Waals surface area contributed by atoms with Crippen molar-refractivity contribution in [3.63, 3.8) is 0 Å². The molecule has 0 aliphatic rings. The van der Waals surface area contributed by atoms with E-state index in [0.29, 0.717) is 17.1 Å². The van der Waals surface area contributed by atoms with Crippen molar-refractivity contribution in [1.82, 2.24) is 10.3 Å². The highest BCUT2D eigenvalue weighted by Crippen LogP contribution is 2.14. The Bertz CT molecular complexity index is 584. The molecule has 0 atom stereocenters. The Morgan fingerprint density at radius 3 is 2.68 bits per heavy atom. The summed E-state index contributed by atoms with van der Waals surface area (Å²) in [5.74, 6) is -0.205. The highest BCUT2D eigenvalue weighted by Gasteiger charge is 2.10. The monoisotopic (exact) mass is 274 g/mol. The number of aryl methyl sites for hydroxylation is 1. The van der Waals surface area contributed by atoms with E-state index in [1.54, 1.807) is 12.3 Å². The van der Waals surface area contributed by atoms with E-state index in [4.69, 9.17) is 11.6 Å². The second kappa shape index (κ2) is 6.34. The lowest BCUT2D eigenvalue weighted by Gasteiger charge is -2.09. The van der Waals surface area contributed by atoms with Gasteiger partial charge in [0.1, 0.15) is 0 Å². The molecule has 98 valence electrons. The maximum Gasteiger partial charge on any atom is 0.254 e. The normalized spacial score (nSPS) is 10.2. The van der Waals surface area contributed by atoms with Crippen LogP contribution in [0.25, 0.3) is 0 Å². The fraction of sp³-hybridized carbons (Fsp3) is 0.200. The Morgan fingerprint density at radius 2 is 2.00 bits per heavy atom. The van der Waals surface area contributed by atoms with Crippen LogP contribution in [0.4, 0.5) is 0 Å². The zero-order valence-corrected chi connectivity index (χ0v) is 11.4. The molecule has 2 rings (SSSR count). The summed E-state index contributed by atoms with van der Waals surface area (Å²) >= 11 is 5.96. The zero-order chi connectivity index (χ0) is 13.7. The standard InChI is InChI=1S/C15H15ClN2O/c1-2-11-5-3-4-6-12(11)9-18-15(19)13-10-17-8-7-14(13)16/h3-8,10H,2,9H2,1H3,(H,18,19). The minimum Gasteiger partial charge on any atom is -0.348 e. The van der Waals surface area contributed by atoms with Gasteiger partial charge in [0.2, 0.25) is 0 Å². The number of aromatic nitrogens is 1. The van der Waals surface area contributed by atoms with Crippen LogP contribution in [0, 0.1) is 0 Å². The molecule has 1 aromatic carbocycles. The van der Waals surface area contributed by atoms with Crippen molar-refractivity contribution in [2.75, 3.05) is 0 Å². The van der Waals surface area contributed by atoms with E-state index >= 15 is 0 Å². The number of benzene rings is 1. The molecule has 1 aromatic heterocycles. The van der Waals surface area contributed by atoms with Crippen LogP contribution in [0.5, 0.6) is 0 Å². The Balaban J connectivity index is 2.07. The maximum absolute atomic E-state index is 12.0. The predicted octanol–water partition coefficient (Wildman–Crippen LogP) is 3.23. The summed E-state index contributed by atoms with van der Waals surface area (Å²) in [6.07, 6.45) is 3.98. The van der Waals surface area contributed by atoms with Crippen molar-refractivity contribution >= 4 is 17.5 Å². The van der Waals surface area contributed by atoms with Gasteiger partial charge in [-0.15, -0.1) is 0 Å². The van der Waals surface area contributed by atoms with Crippen LogP contribution < -0.4 is 5.32 Å². The summed E-state index contributed by atoms with van der Waals surface area (Å²) in [5.41, 5.74) is 2.76. The Hall–Kier alpha value is -1.87. The molecule has 4 heteroatoms. The van der Waals surface area contributed by atoms with Gasteiger partial charge in [-0.3, -0.25) is 9.78 Å². The van der Waals surface area contributed by atoms with Crippen LogP contribution in [0.15, 0.2) is 42.7 Å². The van der Waals surface area contributed by atoms with E-state index in [1.807, 2.05) is 18.2 Å². The summed E-state index contributed by atoms with van der Waals surface area (Å²) in [4.78, 5) is 15.9. The second-order valence-electron chi connectivity index (χ2n) is 4.16. The van der Waals surface area contributed by atoms with Crippen LogP contribution in [0.1, 0.15) is 28.4 Å². The first-order valence-electron chi connectivity index (χ1n) is 6.17. The summed E-state index contributed by atoms with van der Waals surface area (Å²) < 4.78 is 0. The van der Waals surface area contributed by atoms with Crippen LogP contribution in [0.2, 0.25) is 5.02 Å². The van der Waals surface area contributed by atoms with Crippen molar-refractivity contribution < 1.29 is 4.79 Å². The van der Waals surface area contributed by atoms with Crippen LogP contribution in [-0.4, -0.2) is 10.9 Å². The lowest BCUT2D eigenvalue weighted by atomic mass is 10.1. The summed E-state index contributed by atoms with van der Waals surface area (Å²) in [7, 11) is 0. The molecular weight excluding hydrogens is 260 g/mol. The van der Waals surface area contributed by atoms with E-state index in [0.717, 1.165) is 12.0 Å². The predicted molar refractivity (Wildman–Crippen MR) is 76.2 cm³/mol. The van der Waals surface area contributed by atoms with Crippen molar-refractivity contribution in [2.24, 2.45) is 0 Å². The first kappa shape index (κ1) is 13.6. The molecule has 2 aromatic rings. The quantitative estimate of drug-likeness (QED) is 0.930. The van der Waals surface area contributed by atoms with Crippen LogP contribution in [0.3, 0.4) is 0 Å². The van der Waals surface area contributed by atoms with Crippen molar-refractivity contribution in [3.05, 3.63) is 64.4 Å². The third-order valence-corrected chi connectivity index (χ3v) is 3.28. The van der Waals surface area contributed by atoms with Gasteiger partial charge < -0.3 is 5.32 Å². The number of pyridine rings is 1. The number of carbonyl (C=O) groups excluding carboxylic acids is 1. The van der Waals surface area contributed by atoms with Crippen LogP contribution in [-0.2, 0) is 13.0 Å². The van der Waals surface area contributed by atoms with Crippen molar-refractivity contribution in [1.29, 1.82) is 0 Å². The highest BCUT2D eigenvalue weighted by molar-refractivity contribution is 6.33. The molecule has 3 nitrogen and oxygen atoms in total. The molecule has 0 aliphatic heterocycles. The molecule has 0 aliphatic carbocycles. The molecule has 0 spiro atoms. The van der Waals surface area contributed by atoms with Gasteiger partial charge in [0, 0.05) is 18.9 Å². The number of nitrogens with zero attached hydrogens (tertiary/aromatic N) is 1. The fourth-order valence-corrected chi connectivity index (χ4v) is 2.08. The first-order chi connectivity index (χ1) is 9.22. The van der Waals surface area contributed by atoms with Gasteiger partial charge in [-0.1, -0.05) is 42.8 Å². The van der Waals surface area contributed by atoms with Crippen molar-refractivity contribution in [3.8, 4) is 0 Å². The van der Waals surface area contributed by atoms with E-state index < -0.39 is 0 Å². The molecule has 0 saturated heterocycles. The minimum absolute atomic E-state index is 0.205. The molecule has 1 amide bonds. The SMILES string of the molecule is CCc1ccccc1CNC(=O)c1cnccc1Cl. The number of amides is 1. The number of hydrogen-bond acceptors (Lipinski definition) is 2. The van der Waals surface area contributed by atoms with Gasteiger partial charge in [-0.2, -0.15) is 0 Å². The third-order valence-electron chi connectivity index (χ3n) is 2.95. The van der Waals surface area contributed by atoms with Gasteiger partial charge in [-0.05, 0) is 23.6 Å². The molecule has 0 radical (unpaired) electrons. The molecule has 0 bridgehead atoms. The van der Waals surface area contributed by atoms with Gasteiger partial charge in [0.15, 0.2) is 0 Å². The highest BCUT2D eigenvalue weighted by atomic mass is 35.5. The lowest BCUT2D eigenvalue weighted by molar-refractivity contribution is 0.0950. The Kier molecular flexibility index (Phi) is 4.53. The Labute approximate surface area is 117 Å². The Morgan fingerprint density at radius 1 is 1.26 bits per heavy atom. The van der Waals surface area contributed by atoms with E-state index in [-0.39, 0.29) is 5.91 Å². The van der Waals surface area contributed by atoms with E-state index in [1.165, 1.54) is 11.8 Å². The fourth-order valence-electron chi connectivity index (χ4n) is 1.89. The average molecular weight is 275 g/mol. The number of rotatable bonds is 4. The number of hydrogen-bond donors (Lipinski definition) is 1. The van der Waals surface area contributed by atoms with Gasteiger partial charge in [-0.25, -0.2) is 0 Å². The zero-order valence-electron chi connectivity index (χ0n) is 10.7. The smallest absolute Gasteiger partial charge is 0.254 e. The van der Waals surface area contributed by atoms with E-state index in [2.05, 4.69) is 23.3 Å². The maximum atomic E-state index is 12.0. The van der Waals surface area contributed by atoms with Crippen LogP contribution >= 0.6 is 11.6 Å². The molecule has 0 saturated carbocycles. The molecular formula is C15H15ClN2O. The minimum atomic E-state index is -0.205. The number of halogens is 1. The second-order valence-corrected chi connectivity index (χ2v) is 4.57. The van der Waals surface area contributed by atoms with Crippen molar-refractivity contribution in [2.45, 2.75) is 19.9 Å².